The molecule has 0 atom stereocenters. The molecule has 0 fully saturated rings. The van der Waals surface area contributed by atoms with Crippen LogP contribution in [0.1, 0.15) is 27.0 Å². The molecule has 0 saturated heterocycles. The molecule has 0 radical (unpaired) electrons. The van der Waals surface area contributed by atoms with Crippen LogP contribution in [0.5, 0.6) is 11.6 Å². The number of ketones is 1. The van der Waals surface area contributed by atoms with E-state index in [1.54, 1.807) is 13.8 Å². The maximum absolute atomic E-state index is 13.1. The zero-order valence-corrected chi connectivity index (χ0v) is 16.6. The minimum Gasteiger partial charge on any atom is -0.496 e. The second kappa shape index (κ2) is 7.39. The van der Waals surface area contributed by atoms with E-state index in [2.05, 4.69) is 9.84 Å². The van der Waals surface area contributed by atoms with E-state index in [0.717, 1.165) is 13.4 Å². The predicted molar refractivity (Wildman–Crippen MR) is 95.3 cm³/mol. The highest BCUT2D eigenvalue weighted by molar-refractivity contribution is 7.90. The molecule has 2 aromatic rings. The van der Waals surface area contributed by atoms with Crippen LogP contribution in [0.2, 0.25) is 0 Å². The highest BCUT2D eigenvalue weighted by Gasteiger charge is 2.28. The van der Waals surface area contributed by atoms with Gasteiger partial charge in [-0.05, 0) is 25.5 Å². The first-order valence-electron chi connectivity index (χ1n) is 7.73. The van der Waals surface area contributed by atoms with Gasteiger partial charge in [0.15, 0.2) is 9.84 Å². The third-order valence-electron chi connectivity index (χ3n) is 3.94. The number of aromatic nitrogens is 2. The fourth-order valence-corrected chi connectivity index (χ4v) is 4.21. The van der Waals surface area contributed by atoms with Gasteiger partial charge in [0.25, 0.3) is 0 Å². The third kappa shape index (κ3) is 3.80. The van der Waals surface area contributed by atoms with Crippen molar-refractivity contribution in [2.24, 2.45) is 7.05 Å². The molecule has 0 spiro atoms. The Morgan fingerprint density at radius 2 is 1.78 bits per heavy atom. The standard InChI is InChI=1S/C17H20N2O7S/c1-9-7-11(14(24-4)10(2)15(9)27(6,22)23)13(20)12-8-18-19(3)16(12)26-17(21)25-5/h7-8H,1-6H3. The monoisotopic (exact) mass is 396 g/mol. The minimum atomic E-state index is -3.52. The Hall–Kier alpha value is -2.88. The Balaban J connectivity index is 2.67. The van der Waals surface area contributed by atoms with Crippen LogP contribution in [0.25, 0.3) is 0 Å². The third-order valence-corrected chi connectivity index (χ3v) is 5.31. The van der Waals surface area contributed by atoms with Gasteiger partial charge < -0.3 is 14.2 Å². The molecular weight excluding hydrogens is 376 g/mol. The predicted octanol–water partition coefficient (Wildman–Crippen LogP) is 1.83. The van der Waals surface area contributed by atoms with Crippen LogP contribution in [-0.2, 0) is 21.6 Å². The van der Waals surface area contributed by atoms with Crippen molar-refractivity contribution >= 4 is 21.8 Å². The van der Waals surface area contributed by atoms with E-state index < -0.39 is 21.8 Å². The average Bonchev–Trinajstić information content (AvgIpc) is 2.93. The normalized spacial score (nSPS) is 11.2. The lowest BCUT2D eigenvalue weighted by Gasteiger charge is -2.16. The number of ether oxygens (including phenoxy) is 3. The fraction of sp³-hybridized carbons (Fsp3) is 0.353. The quantitative estimate of drug-likeness (QED) is 0.555. The molecule has 0 aliphatic heterocycles. The summed E-state index contributed by atoms with van der Waals surface area (Å²) in [4.78, 5) is 24.6. The smallest absolute Gasteiger partial charge is 0.496 e. The van der Waals surface area contributed by atoms with Crippen molar-refractivity contribution in [1.82, 2.24) is 9.78 Å². The van der Waals surface area contributed by atoms with Gasteiger partial charge in [-0.25, -0.2) is 17.9 Å². The van der Waals surface area contributed by atoms with Gasteiger partial charge in [0.2, 0.25) is 11.7 Å². The summed E-state index contributed by atoms with van der Waals surface area (Å²) >= 11 is 0. The van der Waals surface area contributed by atoms with Crippen LogP contribution in [0, 0.1) is 13.8 Å². The van der Waals surface area contributed by atoms with E-state index in [4.69, 9.17) is 9.47 Å². The fourth-order valence-electron chi connectivity index (χ4n) is 2.92. The van der Waals surface area contributed by atoms with Crippen molar-refractivity contribution in [3.8, 4) is 11.6 Å². The number of carbonyl (C=O) groups is 2. The van der Waals surface area contributed by atoms with Gasteiger partial charge >= 0.3 is 6.16 Å². The molecule has 0 saturated carbocycles. The molecule has 27 heavy (non-hydrogen) atoms. The van der Waals surface area contributed by atoms with E-state index in [9.17, 15) is 18.0 Å². The number of rotatable bonds is 5. The van der Waals surface area contributed by atoms with Gasteiger partial charge in [-0.1, -0.05) is 0 Å². The highest BCUT2D eigenvalue weighted by atomic mass is 32.2. The zero-order chi connectivity index (χ0) is 20.5. The van der Waals surface area contributed by atoms with Gasteiger partial charge in [0, 0.05) is 18.9 Å². The van der Waals surface area contributed by atoms with E-state index in [1.165, 1.54) is 31.1 Å². The molecule has 0 aliphatic carbocycles. The number of hydrogen-bond acceptors (Lipinski definition) is 8. The largest absolute Gasteiger partial charge is 0.514 e. The van der Waals surface area contributed by atoms with Crippen LogP contribution in [0.4, 0.5) is 4.79 Å². The Kier molecular flexibility index (Phi) is 5.59. The number of nitrogens with zero attached hydrogens (tertiary/aromatic N) is 2. The van der Waals surface area contributed by atoms with Crippen molar-refractivity contribution in [3.63, 3.8) is 0 Å². The number of hydrogen-bond donors (Lipinski definition) is 0. The first-order valence-corrected chi connectivity index (χ1v) is 9.62. The summed E-state index contributed by atoms with van der Waals surface area (Å²) in [6, 6.07) is 1.43. The van der Waals surface area contributed by atoms with Crippen molar-refractivity contribution in [1.29, 1.82) is 0 Å². The molecule has 0 amide bonds. The van der Waals surface area contributed by atoms with Gasteiger partial charge in [0.05, 0.1) is 30.9 Å². The Bertz CT molecular complexity index is 1020. The van der Waals surface area contributed by atoms with Crippen LogP contribution in [-0.4, -0.2) is 50.6 Å². The van der Waals surface area contributed by atoms with Crippen molar-refractivity contribution in [2.45, 2.75) is 18.7 Å². The molecule has 146 valence electrons. The lowest BCUT2D eigenvalue weighted by atomic mass is 9.99. The number of aryl methyl sites for hydroxylation is 2. The van der Waals surface area contributed by atoms with Crippen LogP contribution in [0.3, 0.4) is 0 Å². The van der Waals surface area contributed by atoms with Crippen molar-refractivity contribution in [3.05, 3.63) is 34.5 Å². The van der Waals surface area contributed by atoms with Crippen molar-refractivity contribution < 1.29 is 32.2 Å². The van der Waals surface area contributed by atoms with E-state index in [1.807, 2.05) is 0 Å². The van der Waals surface area contributed by atoms with Crippen molar-refractivity contribution in [2.75, 3.05) is 20.5 Å². The van der Waals surface area contributed by atoms with Gasteiger partial charge in [-0.15, -0.1) is 0 Å². The van der Waals surface area contributed by atoms with E-state index in [0.29, 0.717) is 11.1 Å². The Morgan fingerprint density at radius 3 is 2.30 bits per heavy atom. The molecule has 9 nitrogen and oxygen atoms in total. The maximum Gasteiger partial charge on any atom is 0.514 e. The average molecular weight is 396 g/mol. The molecule has 0 unspecified atom stereocenters. The SMILES string of the molecule is COC(=O)Oc1c(C(=O)c2cc(C)c(S(C)(=O)=O)c(C)c2OC)cnn1C. The van der Waals surface area contributed by atoms with E-state index in [-0.39, 0.29) is 27.7 Å². The van der Waals surface area contributed by atoms with Gasteiger partial charge in [-0.2, -0.15) is 5.10 Å². The summed E-state index contributed by atoms with van der Waals surface area (Å²) in [5, 5.41) is 3.93. The zero-order valence-electron chi connectivity index (χ0n) is 15.8. The number of carbonyl (C=O) groups excluding carboxylic acids is 2. The molecule has 0 aliphatic rings. The molecular formula is C17H20N2O7S. The molecule has 2 rings (SSSR count). The van der Waals surface area contributed by atoms with Crippen LogP contribution in [0.15, 0.2) is 17.2 Å². The summed E-state index contributed by atoms with van der Waals surface area (Å²) in [6.45, 7) is 3.16. The summed E-state index contributed by atoms with van der Waals surface area (Å²) in [5.74, 6) is -0.514. The van der Waals surface area contributed by atoms with Crippen LogP contribution < -0.4 is 9.47 Å². The number of methoxy groups -OCH3 is 2. The number of sulfone groups is 1. The molecule has 1 aromatic heterocycles. The van der Waals surface area contributed by atoms with Gasteiger partial charge in [-0.3, -0.25) is 4.79 Å². The summed E-state index contributed by atoms with van der Waals surface area (Å²) in [6.07, 6.45) is 1.33. The van der Waals surface area contributed by atoms with Crippen LogP contribution >= 0.6 is 0 Å². The molecule has 0 bridgehead atoms. The highest BCUT2D eigenvalue weighted by Crippen LogP contribution is 2.35. The Morgan fingerprint density at radius 1 is 1.15 bits per heavy atom. The Labute approximate surface area is 156 Å². The topological polar surface area (TPSA) is 114 Å². The second-order valence-electron chi connectivity index (χ2n) is 5.87. The van der Waals surface area contributed by atoms with Gasteiger partial charge in [0.1, 0.15) is 11.3 Å². The maximum atomic E-state index is 13.1. The minimum absolute atomic E-state index is 0.00658. The first-order chi connectivity index (χ1) is 12.5. The summed E-state index contributed by atoms with van der Waals surface area (Å²) in [5.41, 5.74) is 0.857. The second-order valence-corrected chi connectivity index (χ2v) is 7.83. The molecule has 1 aromatic carbocycles. The summed E-state index contributed by atoms with van der Waals surface area (Å²) < 4.78 is 40.1. The summed E-state index contributed by atoms with van der Waals surface area (Å²) in [7, 11) is 0.456. The molecule has 10 heteroatoms. The lowest BCUT2D eigenvalue weighted by Crippen LogP contribution is -2.14. The molecule has 1 heterocycles. The first kappa shape index (κ1) is 20.4. The lowest BCUT2D eigenvalue weighted by molar-refractivity contribution is 0.102. The van der Waals surface area contributed by atoms with E-state index >= 15 is 0 Å². The number of benzene rings is 1. The molecule has 0 N–H and O–H groups in total.